The number of carbonyl (C=O) groups excluding carboxylic acids is 1. The van der Waals surface area contributed by atoms with Crippen molar-refractivity contribution in [3.8, 4) is 5.75 Å². The molecule has 9 heteroatoms. The van der Waals surface area contributed by atoms with Crippen molar-refractivity contribution in [1.29, 1.82) is 0 Å². The Bertz CT molecular complexity index is 1060. The predicted octanol–water partition coefficient (Wildman–Crippen LogP) is 5.78. The summed E-state index contributed by atoms with van der Waals surface area (Å²) in [7, 11) is 0. The Labute approximate surface area is 210 Å². The molecule has 4 rings (SSSR count). The molecule has 2 heterocycles. The van der Waals surface area contributed by atoms with Gasteiger partial charge in [-0.25, -0.2) is 4.79 Å². The third-order valence-electron chi connectivity index (χ3n) is 6.33. The molecular weight excluding hydrogens is 470 g/mol. The number of nitrogen functional groups attached to an aromatic ring is 1. The van der Waals surface area contributed by atoms with Crippen LogP contribution in [0.5, 0.6) is 5.75 Å². The lowest BCUT2D eigenvalue weighted by Gasteiger charge is -2.32. The highest BCUT2D eigenvalue weighted by molar-refractivity contribution is 5.70. The summed E-state index contributed by atoms with van der Waals surface area (Å²) in [5, 5.41) is 0. The van der Waals surface area contributed by atoms with E-state index in [9.17, 15) is 13.6 Å². The maximum Gasteiger partial charge on any atom is 0.410 e. The van der Waals surface area contributed by atoms with E-state index in [2.05, 4.69) is 0 Å². The van der Waals surface area contributed by atoms with Crippen molar-refractivity contribution in [3.05, 3.63) is 59.2 Å². The van der Waals surface area contributed by atoms with Crippen molar-refractivity contribution >= 4 is 11.8 Å². The number of fused-ring (bicyclic) bond motifs is 1. The van der Waals surface area contributed by atoms with Crippen LogP contribution in [0.2, 0.25) is 0 Å². The van der Waals surface area contributed by atoms with E-state index in [1.807, 2.05) is 32.0 Å². The zero-order valence-electron chi connectivity index (χ0n) is 20.8. The van der Waals surface area contributed by atoms with E-state index < -0.39 is 18.3 Å². The number of nitrogens with zero attached hydrogens (tertiary/aromatic N) is 1. The molecule has 36 heavy (non-hydrogen) atoms. The molecule has 2 aromatic rings. The number of unbranched alkanes of at least 4 members (excludes halogenated alkanes) is 3. The molecule has 2 N–H and O–H groups in total. The molecule has 0 bridgehead atoms. The minimum Gasteiger partial charge on any atom is -0.463 e. The average Bonchev–Trinajstić information content (AvgIpc) is 3.20. The Morgan fingerprint density at radius 3 is 2.75 bits per heavy atom. The molecule has 0 aromatic heterocycles. The zero-order valence-corrected chi connectivity index (χ0v) is 20.8. The molecule has 7 nitrogen and oxygen atoms in total. The number of alkyl halides is 2. The van der Waals surface area contributed by atoms with Gasteiger partial charge in [-0.2, -0.15) is 8.78 Å². The van der Waals surface area contributed by atoms with E-state index in [-0.39, 0.29) is 24.4 Å². The summed E-state index contributed by atoms with van der Waals surface area (Å²) in [5.74, 6) is -2.94. The quantitative estimate of drug-likeness (QED) is 0.309. The Morgan fingerprint density at radius 1 is 1.14 bits per heavy atom. The number of halogens is 2. The van der Waals surface area contributed by atoms with Gasteiger partial charge in [-0.1, -0.05) is 31.0 Å². The van der Waals surface area contributed by atoms with Gasteiger partial charge in [0.25, 0.3) is 5.92 Å². The lowest BCUT2D eigenvalue weighted by Crippen LogP contribution is -2.35. The first-order chi connectivity index (χ1) is 17.1. The second-order valence-electron chi connectivity index (χ2n) is 9.77. The van der Waals surface area contributed by atoms with E-state index in [0.717, 1.165) is 36.1 Å². The van der Waals surface area contributed by atoms with Gasteiger partial charge in [0.15, 0.2) is 0 Å². The molecule has 2 aliphatic heterocycles. The van der Waals surface area contributed by atoms with E-state index in [0.29, 0.717) is 31.8 Å². The van der Waals surface area contributed by atoms with Crippen molar-refractivity contribution in [2.24, 2.45) is 0 Å². The maximum atomic E-state index is 14.2. The molecule has 2 aromatic carbocycles. The number of hydrogen-bond donors (Lipinski definition) is 1. The van der Waals surface area contributed by atoms with Crippen LogP contribution >= 0.6 is 0 Å². The van der Waals surface area contributed by atoms with Crippen molar-refractivity contribution in [2.45, 2.75) is 64.0 Å². The molecule has 1 atom stereocenters. The zero-order chi connectivity index (χ0) is 25.8. The van der Waals surface area contributed by atoms with Crippen molar-refractivity contribution in [3.63, 3.8) is 0 Å². The highest BCUT2D eigenvalue weighted by Gasteiger charge is 2.34. The van der Waals surface area contributed by atoms with E-state index in [1.165, 1.54) is 18.2 Å². The fourth-order valence-corrected chi connectivity index (χ4v) is 4.33. The highest BCUT2D eigenvalue weighted by atomic mass is 19.3. The molecular formula is C27H34F2N2O5. The van der Waals surface area contributed by atoms with Crippen molar-refractivity contribution in [1.82, 2.24) is 4.90 Å². The van der Waals surface area contributed by atoms with Gasteiger partial charge in [0.2, 0.25) is 5.79 Å². The summed E-state index contributed by atoms with van der Waals surface area (Å²) in [6.45, 7) is 4.86. The minimum atomic E-state index is -3.07. The number of ether oxygens (including phenoxy) is 4. The number of carbonyl (C=O) groups is 1. The third-order valence-corrected chi connectivity index (χ3v) is 6.33. The van der Waals surface area contributed by atoms with Crippen LogP contribution in [0.15, 0.2) is 42.5 Å². The predicted molar refractivity (Wildman–Crippen MR) is 131 cm³/mol. The lowest BCUT2D eigenvalue weighted by atomic mass is 10.0. The molecule has 1 fully saturated rings. The third kappa shape index (κ3) is 6.64. The first-order valence-corrected chi connectivity index (χ1v) is 12.4. The largest absolute Gasteiger partial charge is 0.463 e. The van der Waals surface area contributed by atoms with Gasteiger partial charge in [0.05, 0.1) is 13.2 Å². The topological polar surface area (TPSA) is 83.2 Å². The summed E-state index contributed by atoms with van der Waals surface area (Å²) in [6, 6.07) is 11.5. The van der Waals surface area contributed by atoms with Crippen LogP contribution < -0.4 is 10.5 Å². The number of hydrogen-bond acceptors (Lipinski definition) is 6. The summed E-state index contributed by atoms with van der Waals surface area (Å²) in [6.07, 6.45) is 2.54. The lowest BCUT2D eigenvalue weighted by molar-refractivity contribution is -0.180. The molecule has 1 saturated heterocycles. The summed E-state index contributed by atoms with van der Waals surface area (Å²) >= 11 is 0. The molecule has 0 radical (unpaired) electrons. The number of cyclic esters (lactones) is 1. The van der Waals surface area contributed by atoms with Crippen LogP contribution in [0.4, 0.5) is 19.3 Å². The van der Waals surface area contributed by atoms with Gasteiger partial charge in [-0.05, 0) is 42.7 Å². The van der Waals surface area contributed by atoms with Crippen molar-refractivity contribution in [2.75, 3.05) is 32.0 Å². The van der Waals surface area contributed by atoms with Gasteiger partial charge in [-0.15, -0.1) is 0 Å². The molecule has 1 amide bonds. The molecule has 0 saturated carbocycles. The second kappa shape index (κ2) is 11.0. The van der Waals surface area contributed by atoms with E-state index in [1.54, 1.807) is 11.0 Å². The minimum absolute atomic E-state index is 0.140. The van der Waals surface area contributed by atoms with Crippen LogP contribution in [0.25, 0.3) is 0 Å². The van der Waals surface area contributed by atoms with Crippen LogP contribution in [0, 0.1) is 0 Å². The SMILES string of the molecule is CC1(C)OCc2cc([C@H]3CN(CCCCCCOCC(F)(F)c4cccc(N)c4)C(=O)O3)ccc2O1. The van der Waals surface area contributed by atoms with Gasteiger partial charge < -0.3 is 29.6 Å². The van der Waals surface area contributed by atoms with E-state index in [4.69, 9.17) is 24.7 Å². The normalized spacial score (nSPS) is 19.1. The first kappa shape index (κ1) is 26.2. The smallest absolute Gasteiger partial charge is 0.410 e. The van der Waals surface area contributed by atoms with Crippen LogP contribution in [-0.2, 0) is 26.7 Å². The number of nitrogens with two attached hydrogens (primary N) is 1. The highest BCUT2D eigenvalue weighted by Crippen LogP contribution is 2.35. The molecule has 0 unspecified atom stereocenters. The monoisotopic (exact) mass is 504 g/mol. The van der Waals surface area contributed by atoms with Gasteiger partial charge in [0, 0.05) is 43.8 Å². The Morgan fingerprint density at radius 2 is 1.94 bits per heavy atom. The van der Waals surface area contributed by atoms with Crippen molar-refractivity contribution < 1.29 is 32.5 Å². The van der Waals surface area contributed by atoms with Crippen LogP contribution in [0.3, 0.4) is 0 Å². The molecule has 0 aliphatic carbocycles. The maximum absolute atomic E-state index is 14.2. The Kier molecular flexibility index (Phi) is 8.00. The average molecular weight is 505 g/mol. The summed E-state index contributed by atoms with van der Waals surface area (Å²) in [5.41, 5.74) is 7.61. The number of benzene rings is 2. The molecule has 0 spiro atoms. The Balaban J connectivity index is 1.13. The number of rotatable bonds is 11. The molecule has 2 aliphatic rings. The number of anilines is 1. The number of amides is 1. The molecule has 196 valence electrons. The van der Waals surface area contributed by atoms with E-state index >= 15 is 0 Å². The van der Waals surface area contributed by atoms with Crippen LogP contribution in [0.1, 0.15) is 62.3 Å². The first-order valence-electron chi connectivity index (χ1n) is 12.4. The van der Waals surface area contributed by atoms with Crippen LogP contribution in [-0.4, -0.2) is 43.1 Å². The standard InChI is InChI=1S/C27H34F2N2O5/c1-26(2)34-17-20-14-19(10-11-23(20)36-26)24-16-31(25(32)35-24)12-5-3-4-6-13-33-18-27(28,29)21-8-7-9-22(30)15-21/h7-11,14-15,24H,3-6,12-13,16-18,30H2,1-2H3/t24-/m1/s1. The summed E-state index contributed by atoms with van der Waals surface area (Å²) in [4.78, 5) is 14.0. The second-order valence-corrected chi connectivity index (χ2v) is 9.77. The fraction of sp³-hybridized carbons (Fsp3) is 0.519. The van der Waals surface area contributed by atoms with Gasteiger partial charge >= 0.3 is 6.09 Å². The fourth-order valence-electron chi connectivity index (χ4n) is 4.33. The van der Waals surface area contributed by atoms with Gasteiger partial charge in [-0.3, -0.25) is 0 Å². The summed E-state index contributed by atoms with van der Waals surface area (Å²) < 4.78 is 50.7. The van der Waals surface area contributed by atoms with Gasteiger partial charge in [0.1, 0.15) is 18.5 Å². The Hall–Kier alpha value is -2.91.